The second-order valence-electron chi connectivity index (χ2n) is 3.60. The van der Waals surface area contributed by atoms with Crippen molar-refractivity contribution in [1.29, 1.82) is 0 Å². The SMILES string of the molecule is OCp1c2ccccc2c2ccccc21. The minimum Gasteiger partial charge on any atom is -0.388 e. The third-order valence-electron chi connectivity index (χ3n) is 2.82. The fourth-order valence-corrected chi connectivity index (χ4v) is 4.22. The molecule has 1 nitrogen and oxygen atoms in total. The molecule has 1 N–H and O–H groups in total. The van der Waals surface area contributed by atoms with Gasteiger partial charge in [-0.2, -0.15) is 0 Å². The number of aliphatic hydroxyl groups is 1. The summed E-state index contributed by atoms with van der Waals surface area (Å²) in [6.07, 6.45) is 0.253. The van der Waals surface area contributed by atoms with E-state index in [1.165, 1.54) is 21.0 Å². The van der Waals surface area contributed by atoms with Crippen molar-refractivity contribution in [3.8, 4) is 0 Å². The van der Waals surface area contributed by atoms with Gasteiger partial charge in [-0.15, -0.1) is 0 Å². The lowest BCUT2D eigenvalue weighted by Crippen LogP contribution is -1.63. The van der Waals surface area contributed by atoms with Crippen LogP contribution in [0.25, 0.3) is 21.0 Å². The van der Waals surface area contributed by atoms with Crippen molar-refractivity contribution in [3.05, 3.63) is 48.5 Å². The van der Waals surface area contributed by atoms with Gasteiger partial charge in [-0.3, -0.25) is 0 Å². The summed E-state index contributed by atoms with van der Waals surface area (Å²) in [5, 5.41) is 14.7. The van der Waals surface area contributed by atoms with Crippen LogP contribution in [0.2, 0.25) is 0 Å². The van der Waals surface area contributed by atoms with Gasteiger partial charge in [-0.1, -0.05) is 56.1 Å². The molecule has 0 saturated carbocycles. The molecule has 1 heterocycles. The average Bonchev–Trinajstić information content (AvgIpc) is 2.63. The van der Waals surface area contributed by atoms with Crippen LogP contribution >= 0.6 is 7.53 Å². The lowest BCUT2D eigenvalue weighted by Gasteiger charge is -1.95. The Morgan fingerprint density at radius 3 is 1.73 bits per heavy atom. The van der Waals surface area contributed by atoms with Gasteiger partial charge in [0.1, 0.15) is 0 Å². The Kier molecular flexibility index (Phi) is 2.02. The summed E-state index contributed by atoms with van der Waals surface area (Å²) < 4.78 is 0. The summed E-state index contributed by atoms with van der Waals surface area (Å²) in [5.74, 6) is 0. The van der Waals surface area contributed by atoms with E-state index in [0.717, 1.165) is 0 Å². The van der Waals surface area contributed by atoms with E-state index in [1.54, 1.807) is 0 Å². The highest BCUT2D eigenvalue weighted by Crippen LogP contribution is 2.48. The molecular weight excluding hydrogens is 203 g/mol. The maximum absolute atomic E-state index is 9.49. The van der Waals surface area contributed by atoms with Gasteiger partial charge < -0.3 is 5.11 Å². The van der Waals surface area contributed by atoms with Crippen LogP contribution in [0.1, 0.15) is 0 Å². The predicted molar refractivity (Wildman–Crippen MR) is 66.4 cm³/mol. The monoisotopic (exact) mass is 214 g/mol. The molecule has 0 aliphatic carbocycles. The van der Waals surface area contributed by atoms with Crippen molar-refractivity contribution in [2.45, 2.75) is 6.35 Å². The van der Waals surface area contributed by atoms with E-state index in [4.69, 9.17) is 0 Å². The van der Waals surface area contributed by atoms with Gasteiger partial charge >= 0.3 is 0 Å². The molecule has 0 radical (unpaired) electrons. The van der Waals surface area contributed by atoms with Crippen LogP contribution in [-0.4, -0.2) is 5.11 Å². The van der Waals surface area contributed by atoms with E-state index in [1.807, 2.05) is 0 Å². The highest BCUT2D eigenvalue weighted by molar-refractivity contribution is 7.60. The topological polar surface area (TPSA) is 20.2 Å². The van der Waals surface area contributed by atoms with Crippen molar-refractivity contribution in [2.24, 2.45) is 0 Å². The highest BCUT2D eigenvalue weighted by atomic mass is 31.1. The molecule has 0 amide bonds. The maximum atomic E-state index is 9.49. The van der Waals surface area contributed by atoms with Crippen molar-refractivity contribution in [3.63, 3.8) is 0 Å². The molecule has 0 atom stereocenters. The largest absolute Gasteiger partial charge is 0.388 e. The van der Waals surface area contributed by atoms with Gasteiger partial charge in [-0.05, 0) is 10.8 Å². The van der Waals surface area contributed by atoms with Gasteiger partial charge in [0, 0.05) is 10.2 Å². The second kappa shape index (κ2) is 3.37. The van der Waals surface area contributed by atoms with E-state index < -0.39 is 7.53 Å². The summed E-state index contributed by atoms with van der Waals surface area (Å²) in [4.78, 5) is 0. The van der Waals surface area contributed by atoms with E-state index in [9.17, 15) is 5.11 Å². The van der Waals surface area contributed by atoms with E-state index >= 15 is 0 Å². The number of aliphatic hydroxyl groups excluding tert-OH is 1. The van der Waals surface area contributed by atoms with Crippen LogP contribution < -0.4 is 0 Å². The third-order valence-corrected chi connectivity index (χ3v) is 5.05. The molecule has 0 fully saturated rings. The Hall–Kier alpha value is -1.30. The van der Waals surface area contributed by atoms with Crippen LogP contribution in [0.4, 0.5) is 0 Å². The van der Waals surface area contributed by atoms with Crippen LogP contribution in [0.15, 0.2) is 48.5 Å². The summed E-state index contributed by atoms with van der Waals surface area (Å²) in [5.41, 5.74) is 0. The molecule has 0 bridgehead atoms. The fourth-order valence-electron chi connectivity index (χ4n) is 2.16. The Morgan fingerprint density at radius 2 is 1.27 bits per heavy atom. The van der Waals surface area contributed by atoms with Crippen molar-refractivity contribution in [1.82, 2.24) is 0 Å². The molecule has 0 saturated heterocycles. The maximum Gasteiger partial charge on any atom is 0.0821 e. The molecule has 0 unspecified atom stereocenters. The lowest BCUT2D eigenvalue weighted by molar-refractivity contribution is 0.325. The van der Waals surface area contributed by atoms with Gasteiger partial charge in [0.15, 0.2) is 0 Å². The van der Waals surface area contributed by atoms with Crippen molar-refractivity contribution in [2.75, 3.05) is 0 Å². The molecule has 0 aliphatic heterocycles. The molecule has 15 heavy (non-hydrogen) atoms. The smallest absolute Gasteiger partial charge is 0.0821 e. The first kappa shape index (κ1) is 8.96. The Labute approximate surface area is 89.0 Å². The first-order chi connectivity index (χ1) is 7.42. The number of fused-ring (bicyclic) bond motifs is 3. The van der Waals surface area contributed by atoms with E-state index in [-0.39, 0.29) is 6.35 Å². The van der Waals surface area contributed by atoms with Gasteiger partial charge in [0.05, 0.1) is 6.35 Å². The number of hydrogen-bond acceptors (Lipinski definition) is 1. The second-order valence-corrected chi connectivity index (χ2v) is 5.71. The molecule has 74 valence electrons. The Balaban J connectivity index is 2.62. The summed E-state index contributed by atoms with van der Waals surface area (Å²) in [7, 11) is -0.519. The Morgan fingerprint density at radius 1 is 0.800 bits per heavy atom. The van der Waals surface area contributed by atoms with Crippen molar-refractivity contribution < 1.29 is 5.11 Å². The molecule has 3 rings (SSSR count). The number of hydrogen-bond donors (Lipinski definition) is 1. The van der Waals surface area contributed by atoms with Crippen LogP contribution in [-0.2, 0) is 6.35 Å². The summed E-state index contributed by atoms with van der Waals surface area (Å²) >= 11 is 0. The molecule has 0 spiro atoms. The molecule has 3 aromatic rings. The van der Waals surface area contributed by atoms with Crippen molar-refractivity contribution >= 4 is 28.5 Å². The van der Waals surface area contributed by atoms with Crippen LogP contribution in [0.3, 0.4) is 0 Å². The molecule has 1 aromatic heterocycles. The first-order valence-electron chi connectivity index (χ1n) is 4.98. The number of rotatable bonds is 1. The lowest BCUT2D eigenvalue weighted by atomic mass is 10.2. The van der Waals surface area contributed by atoms with Crippen LogP contribution in [0, 0.1) is 0 Å². The average molecular weight is 214 g/mol. The first-order valence-corrected chi connectivity index (χ1v) is 6.51. The standard InChI is InChI=1S/C13H11OP/c14-9-15-12-7-3-1-5-10(12)11-6-2-4-8-13(11)15/h1-8,14H,9H2. The predicted octanol–water partition coefficient (Wildman–Crippen LogP) is 3.93. The normalized spacial score (nSPS) is 11.3. The zero-order valence-corrected chi connectivity index (χ0v) is 9.11. The van der Waals surface area contributed by atoms with Crippen LogP contribution in [0.5, 0.6) is 0 Å². The highest BCUT2D eigenvalue weighted by Gasteiger charge is 2.08. The fraction of sp³-hybridized carbons (Fsp3) is 0.0769. The number of benzene rings is 2. The third kappa shape index (κ3) is 1.21. The van der Waals surface area contributed by atoms with E-state index in [0.29, 0.717) is 0 Å². The van der Waals surface area contributed by atoms with E-state index in [2.05, 4.69) is 48.5 Å². The van der Waals surface area contributed by atoms with Gasteiger partial charge in [0.25, 0.3) is 0 Å². The zero-order chi connectivity index (χ0) is 10.3. The van der Waals surface area contributed by atoms with Gasteiger partial charge in [-0.25, -0.2) is 0 Å². The quantitative estimate of drug-likeness (QED) is 0.650. The zero-order valence-electron chi connectivity index (χ0n) is 8.22. The summed E-state index contributed by atoms with van der Waals surface area (Å²) in [6, 6.07) is 16.8. The Bertz CT molecular complexity index is 571. The van der Waals surface area contributed by atoms with Gasteiger partial charge in [0.2, 0.25) is 0 Å². The minimum atomic E-state index is -0.519. The molecule has 2 heteroatoms. The minimum absolute atomic E-state index is 0.253. The molecular formula is C13H11OP. The molecule has 2 aromatic carbocycles. The molecule has 0 aliphatic rings. The summed E-state index contributed by atoms with van der Waals surface area (Å²) in [6.45, 7) is 0.